The van der Waals surface area contributed by atoms with E-state index >= 15 is 0 Å². The first-order valence-corrected chi connectivity index (χ1v) is 16.5. The van der Waals surface area contributed by atoms with E-state index in [1.165, 1.54) is 40.1 Å². The lowest BCUT2D eigenvalue weighted by molar-refractivity contribution is 0.0435. The summed E-state index contributed by atoms with van der Waals surface area (Å²) in [6.45, 7) is 0.0845. The van der Waals surface area contributed by atoms with Gasteiger partial charge >= 0.3 is 6.09 Å². The first-order chi connectivity index (χ1) is 22.9. The Kier molecular flexibility index (Phi) is 10.4. The second-order valence-electron chi connectivity index (χ2n) is 11.0. The van der Waals surface area contributed by atoms with Gasteiger partial charge in [-0.15, -0.1) is 0 Å². The minimum Gasteiger partial charge on any atom is -0.465 e. The lowest BCUT2D eigenvalue weighted by atomic mass is 10.0. The highest BCUT2D eigenvalue weighted by Crippen LogP contribution is 2.48. The van der Waals surface area contributed by atoms with Crippen molar-refractivity contribution >= 4 is 44.6 Å². The van der Waals surface area contributed by atoms with Crippen LogP contribution in [-0.2, 0) is 26.1 Å². The predicted molar refractivity (Wildman–Crippen MR) is 167 cm³/mol. The molecule has 0 unspecified atom stereocenters. The molecule has 0 saturated heterocycles. The molecule has 48 heavy (non-hydrogen) atoms. The summed E-state index contributed by atoms with van der Waals surface area (Å²) in [5, 5.41) is 20.1. The molecule has 1 aliphatic rings. The number of benzene rings is 3. The van der Waals surface area contributed by atoms with Crippen LogP contribution < -0.4 is 15.1 Å². The van der Waals surface area contributed by atoms with Crippen molar-refractivity contribution in [2.24, 2.45) is 0 Å². The first kappa shape index (κ1) is 34.4. The maximum absolute atomic E-state index is 13.8. The fourth-order valence-electron chi connectivity index (χ4n) is 5.19. The van der Waals surface area contributed by atoms with E-state index in [0.717, 1.165) is 37.3 Å². The molecule has 1 aliphatic carbocycles. The molecule has 0 spiro atoms. The van der Waals surface area contributed by atoms with Gasteiger partial charge in [0.05, 0.1) is 56.0 Å². The lowest BCUT2D eigenvalue weighted by Crippen LogP contribution is -2.34. The molecule has 0 atom stereocenters. The molecule has 13 nitrogen and oxygen atoms in total. The summed E-state index contributed by atoms with van der Waals surface area (Å²) in [5.74, 6) is -3.32. The average Bonchev–Trinajstić information content (AvgIpc) is 3.81. The molecule has 0 radical (unpaired) electrons. The van der Waals surface area contributed by atoms with Crippen molar-refractivity contribution in [1.29, 1.82) is 0 Å². The molecule has 0 aliphatic heterocycles. The molecule has 4 aromatic rings. The maximum atomic E-state index is 13.8. The molecule has 16 heteroatoms. The van der Waals surface area contributed by atoms with E-state index in [1.54, 1.807) is 6.07 Å². The van der Waals surface area contributed by atoms with Crippen LogP contribution in [-0.4, -0.2) is 69.3 Å². The van der Waals surface area contributed by atoms with Crippen molar-refractivity contribution in [3.63, 3.8) is 0 Å². The van der Waals surface area contributed by atoms with Crippen LogP contribution in [0, 0.1) is 11.6 Å². The Morgan fingerprint density at radius 2 is 1.69 bits per heavy atom. The number of imide groups is 1. The number of carboxylic acid groups (broad SMARTS) is 1. The molecule has 1 aromatic heterocycles. The molecule has 4 N–H and O–H groups in total. The van der Waals surface area contributed by atoms with Crippen molar-refractivity contribution in [3.8, 4) is 11.3 Å². The third-order valence-electron chi connectivity index (χ3n) is 7.53. The number of hydrogen-bond acceptors (Lipinski definition) is 9. The number of fused-ring (bicyclic) bond motifs is 1. The number of carbonyl (C=O) groups is 3. The van der Waals surface area contributed by atoms with Crippen LogP contribution in [0.3, 0.4) is 0 Å². The van der Waals surface area contributed by atoms with Crippen molar-refractivity contribution in [1.82, 2.24) is 10.8 Å². The zero-order valence-corrected chi connectivity index (χ0v) is 26.3. The zero-order valence-electron chi connectivity index (χ0n) is 25.5. The SMILES string of the molecule is CS(=O)(=O)N(CCOCCOCc1ccc(F)c(C(=O)NO)c1)c1cc2oc(-c3ccc(F)cc3)c(C(=O)NC(=O)O)c2cc1C1CC1. The number of hydroxylamine groups is 1. The van der Waals surface area contributed by atoms with Gasteiger partial charge in [0.2, 0.25) is 10.0 Å². The third-order valence-corrected chi connectivity index (χ3v) is 8.71. The smallest absolute Gasteiger partial charge is 0.411 e. The topological polar surface area (TPSA) is 185 Å². The lowest BCUT2D eigenvalue weighted by Gasteiger charge is -2.25. The number of hydrogen-bond donors (Lipinski definition) is 4. The highest BCUT2D eigenvalue weighted by molar-refractivity contribution is 7.92. The fourth-order valence-corrected chi connectivity index (χ4v) is 6.12. The van der Waals surface area contributed by atoms with Crippen LogP contribution in [0.15, 0.2) is 59.0 Å². The van der Waals surface area contributed by atoms with E-state index in [1.807, 2.05) is 5.32 Å². The number of anilines is 1. The number of sulfonamides is 1. The molecule has 3 amide bonds. The van der Waals surface area contributed by atoms with E-state index in [9.17, 15) is 36.7 Å². The highest BCUT2D eigenvalue weighted by atomic mass is 32.2. The maximum Gasteiger partial charge on any atom is 0.411 e. The number of nitrogens with zero attached hydrogens (tertiary/aromatic N) is 1. The van der Waals surface area contributed by atoms with Gasteiger partial charge in [0.25, 0.3) is 11.8 Å². The summed E-state index contributed by atoms with van der Waals surface area (Å²) in [7, 11) is -3.86. The molecule has 3 aromatic carbocycles. The van der Waals surface area contributed by atoms with Crippen molar-refractivity contribution < 1.29 is 55.8 Å². The first-order valence-electron chi connectivity index (χ1n) is 14.6. The summed E-state index contributed by atoms with van der Waals surface area (Å²) >= 11 is 0. The molecular formula is C32H31F2N3O10S. The van der Waals surface area contributed by atoms with Gasteiger partial charge in [-0.1, -0.05) is 6.07 Å². The summed E-state index contributed by atoms with van der Waals surface area (Å²) in [6, 6.07) is 11.9. The van der Waals surface area contributed by atoms with Gasteiger partial charge in [0.15, 0.2) is 0 Å². The van der Waals surface area contributed by atoms with Crippen molar-refractivity contribution in [3.05, 3.63) is 88.5 Å². The van der Waals surface area contributed by atoms with E-state index in [2.05, 4.69) is 0 Å². The molecular weight excluding hydrogens is 656 g/mol. The van der Waals surface area contributed by atoms with Crippen LogP contribution >= 0.6 is 0 Å². The van der Waals surface area contributed by atoms with E-state index in [4.69, 9.17) is 19.1 Å². The monoisotopic (exact) mass is 687 g/mol. The second kappa shape index (κ2) is 14.5. The van der Waals surface area contributed by atoms with Gasteiger partial charge in [-0.25, -0.2) is 27.5 Å². The van der Waals surface area contributed by atoms with E-state index < -0.39 is 39.6 Å². The van der Waals surface area contributed by atoms with Crippen LogP contribution in [0.2, 0.25) is 0 Å². The van der Waals surface area contributed by atoms with Gasteiger partial charge in [-0.05, 0) is 72.4 Å². The Balaban J connectivity index is 1.34. The Labute approximate surface area is 273 Å². The van der Waals surface area contributed by atoms with Gasteiger partial charge < -0.3 is 19.0 Å². The normalized spacial score (nSPS) is 13.0. The van der Waals surface area contributed by atoms with Crippen LogP contribution in [0.25, 0.3) is 22.3 Å². The highest BCUT2D eigenvalue weighted by Gasteiger charge is 2.33. The van der Waals surface area contributed by atoms with E-state index in [-0.39, 0.29) is 66.7 Å². The molecule has 5 rings (SSSR count). The van der Waals surface area contributed by atoms with Crippen molar-refractivity contribution in [2.45, 2.75) is 25.4 Å². The number of amides is 3. The number of ether oxygens (including phenoxy) is 2. The summed E-state index contributed by atoms with van der Waals surface area (Å²) < 4.78 is 71.9. The average molecular weight is 688 g/mol. The predicted octanol–water partition coefficient (Wildman–Crippen LogP) is 4.78. The van der Waals surface area contributed by atoms with Gasteiger partial charge in [0, 0.05) is 17.0 Å². The number of nitrogens with one attached hydrogen (secondary N) is 2. The zero-order chi connectivity index (χ0) is 34.6. The quantitative estimate of drug-likeness (QED) is 0.0817. The largest absolute Gasteiger partial charge is 0.465 e. The summed E-state index contributed by atoms with van der Waals surface area (Å²) in [5.41, 5.74) is 2.79. The van der Waals surface area contributed by atoms with Crippen LogP contribution in [0.4, 0.5) is 19.3 Å². The number of rotatable bonds is 14. The van der Waals surface area contributed by atoms with Crippen LogP contribution in [0.5, 0.6) is 0 Å². The third kappa shape index (κ3) is 7.96. The summed E-state index contributed by atoms with van der Waals surface area (Å²) in [6.07, 6.45) is 0.999. The van der Waals surface area contributed by atoms with Gasteiger partial charge in [-0.3, -0.25) is 24.4 Å². The number of halogens is 2. The molecule has 1 heterocycles. The van der Waals surface area contributed by atoms with Crippen LogP contribution in [0.1, 0.15) is 50.6 Å². The molecule has 0 bridgehead atoms. The van der Waals surface area contributed by atoms with E-state index in [0.29, 0.717) is 22.4 Å². The van der Waals surface area contributed by atoms with Crippen molar-refractivity contribution in [2.75, 3.05) is 36.9 Å². The Hall–Kier alpha value is -4.90. The molecule has 254 valence electrons. The second-order valence-corrected chi connectivity index (χ2v) is 12.9. The minimum atomic E-state index is -3.86. The van der Waals surface area contributed by atoms with Gasteiger partial charge in [-0.2, -0.15) is 0 Å². The Morgan fingerprint density at radius 3 is 2.33 bits per heavy atom. The van der Waals surface area contributed by atoms with Gasteiger partial charge in [0.1, 0.15) is 23.0 Å². The Morgan fingerprint density at radius 1 is 0.979 bits per heavy atom. The Bertz CT molecular complexity index is 1960. The fraction of sp³-hybridized carbons (Fsp3) is 0.281. The number of furan rings is 1. The minimum absolute atomic E-state index is 0.00888. The standard InChI is InChI=1S/C32H31F2N3O10S/c1-48(43,44)37(10-11-45-12-13-46-17-18-2-9-25(34)23(14-18)30(38)36-42)26-16-27-24(15-22(26)19-3-4-19)28(31(39)35-32(40)41)29(47-27)20-5-7-21(33)8-6-20/h2,5-9,14-16,19,42H,3-4,10-13,17H2,1H3,(H,35,39)(H,36,38)(H,40,41). The molecule has 1 saturated carbocycles. The summed E-state index contributed by atoms with van der Waals surface area (Å²) in [4.78, 5) is 36.0. The number of carbonyl (C=O) groups excluding carboxylic acids is 2. The molecule has 1 fully saturated rings.